The van der Waals surface area contributed by atoms with Gasteiger partial charge in [-0.05, 0) is 49.7 Å². The van der Waals surface area contributed by atoms with Gasteiger partial charge in [0, 0.05) is 15.7 Å². The zero-order chi connectivity index (χ0) is 20.3. The second-order valence-electron chi connectivity index (χ2n) is 7.13. The van der Waals surface area contributed by atoms with Gasteiger partial charge < -0.3 is 19.9 Å². The maximum absolute atomic E-state index is 12.8. The molecule has 3 rings (SSSR count). The van der Waals surface area contributed by atoms with Crippen LogP contribution in [-0.2, 0) is 4.79 Å². The van der Waals surface area contributed by atoms with Gasteiger partial charge in [0.2, 0.25) is 0 Å². The monoisotopic (exact) mass is 422 g/mol. The highest BCUT2D eigenvalue weighted by Crippen LogP contribution is 2.28. The number of carbonyl (C=O) groups is 1. The zero-order valence-electron chi connectivity index (χ0n) is 16.4. The molecule has 0 aliphatic carbocycles. The number of ether oxygens (including phenoxy) is 1. The van der Waals surface area contributed by atoms with Crippen LogP contribution in [-0.4, -0.2) is 45.2 Å². The summed E-state index contributed by atoms with van der Waals surface area (Å²) in [5.41, 5.74) is 2.98. The van der Waals surface area contributed by atoms with Crippen LogP contribution in [0.5, 0.6) is 5.75 Å². The number of quaternary nitrogens is 1. The number of piperazine rings is 1. The molecule has 1 amide bonds. The number of halogens is 2. The second kappa shape index (κ2) is 9.03. The minimum absolute atomic E-state index is 0.0389. The van der Waals surface area contributed by atoms with Gasteiger partial charge in [0.15, 0.2) is 6.04 Å². The van der Waals surface area contributed by atoms with Gasteiger partial charge in [-0.2, -0.15) is 0 Å². The van der Waals surface area contributed by atoms with Gasteiger partial charge in [-0.1, -0.05) is 29.3 Å². The molecule has 1 saturated heterocycles. The number of amides is 1. The van der Waals surface area contributed by atoms with E-state index < -0.39 is 0 Å². The maximum atomic E-state index is 12.8. The Kier molecular flexibility index (Phi) is 6.70. The molecule has 0 bridgehead atoms. The molecule has 0 spiro atoms. The summed E-state index contributed by atoms with van der Waals surface area (Å²) in [5.74, 6) is 0.559. The molecular formula is C21H26Cl2N3O2+. The second-order valence-corrected chi connectivity index (χ2v) is 8.00. The quantitative estimate of drug-likeness (QED) is 0.777. The molecule has 5 nitrogen and oxygen atoms in total. The van der Waals surface area contributed by atoms with E-state index in [0.29, 0.717) is 16.5 Å². The number of methoxy groups -OCH3 is 1. The Morgan fingerprint density at radius 1 is 1.14 bits per heavy atom. The number of hydrogen-bond donors (Lipinski definition) is 2. The number of nitrogens with one attached hydrogen (secondary N) is 2. The number of benzene rings is 2. The standard InChI is InChI=1S/C21H25Cl2N3O2/c1-14-4-5-17(23)13-19(14)26-10-8-25(9-11-26)15(2)21(27)24-18-12-16(22)6-7-20(18)28-3/h4-7,12-13,15H,8-11H2,1-3H3,(H,24,27)/p+1/t15-/m1/s1. The highest BCUT2D eigenvalue weighted by atomic mass is 35.5. The predicted molar refractivity (Wildman–Crippen MR) is 115 cm³/mol. The summed E-state index contributed by atoms with van der Waals surface area (Å²) in [4.78, 5) is 16.4. The van der Waals surface area contributed by atoms with E-state index in [4.69, 9.17) is 27.9 Å². The minimum atomic E-state index is -0.175. The van der Waals surface area contributed by atoms with Crippen molar-refractivity contribution in [2.24, 2.45) is 0 Å². The van der Waals surface area contributed by atoms with Gasteiger partial charge in [-0.3, -0.25) is 4.79 Å². The van der Waals surface area contributed by atoms with Gasteiger partial charge in [-0.15, -0.1) is 0 Å². The number of carbonyl (C=O) groups excluding carboxylic acids is 1. The molecule has 0 radical (unpaired) electrons. The highest BCUT2D eigenvalue weighted by molar-refractivity contribution is 6.31. The van der Waals surface area contributed by atoms with E-state index in [2.05, 4.69) is 17.1 Å². The average molecular weight is 423 g/mol. The lowest BCUT2D eigenvalue weighted by Gasteiger charge is -2.36. The van der Waals surface area contributed by atoms with Crippen LogP contribution in [0, 0.1) is 6.92 Å². The number of rotatable bonds is 5. The first-order valence-electron chi connectivity index (χ1n) is 9.39. The molecule has 2 aromatic rings. The third kappa shape index (κ3) is 4.72. The van der Waals surface area contributed by atoms with Crippen LogP contribution in [0.4, 0.5) is 11.4 Å². The van der Waals surface area contributed by atoms with Crippen molar-refractivity contribution in [3.8, 4) is 5.75 Å². The average Bonchev–Trinajstić information content (AvgIpc) is 2.69. The molecule has 1 fully saturated rings. The molecule has 0 aromatic heterocycles. The van der Waals surface area contributed by atoms with Crippen LogP contribution < -0.4 is 19.9 Å². The van der Waals surface area contributed by atoms with E-state index in [9.17, 15) is 4.79 Å². The van der Waals surface area contributed by atoms with Crippen molar-refractivity contribution in [1.29, 1.82) is 0 Å². The van der Waals surface area contributed by atoms with Crippen LogP contribution in [0.15, 0.2) is 36.4 Å². The van der Waals surface area contributed by atoms with Crippen LogP contribution in [0.1, 0.15) is 12.5 Å². The molecule has 150 valence electrons. The number of nitrogens with zero attached hydrogens (tertiary/aromatic N) is 1. The maximum Gasteiger partial charge on any atom is 0.282 e. The van der Waals surface area contributed by atoms with Gasteiger partial charge >= 0.3 is 0 Å². The third-order valence-electron chi connectivity index (χ3n) is 5.34. The van der Waals surface area contributed by atoms with E-state index in [1.165, 1.54) is 16.2 Å². The van der Waals surface area contributed by atoms with Crippen molar-refractivity contribution in [1.82, 2.24) is 0 Å². The first-order chi connectivity index (χ1) is 13.4. The van der Waals surface area contributed by atoms with Crippen molar-refractivity contribution < 1.29 is 14.4 Å². The summed E-state index contributed by atoms with van der Waals surface area (Å²) >= 11 is 12.2. The molecule has 2 aromatic carbocycles. The Bertz CT molecular complexity index is 852. The summed E-state index contributed by atoms with van der Waals surface area (Å²) in [6, 6.07) is 11.0. The Balaban J connectivity index is 1.62. The lowest BCUT2D eigenvalue weighted by molar-refractivity contribution is -0.914. The molecule has 1 aliphatic rings. The Morgan fingerprint density at radius 2 is 1.79 bits per heavy atom. The first kappa shape index (κ1) is 20.8. The van der Waals surface area contributed by atoms with Crippen LogP contribution in [0.2, 0.25) is 10.0 Å². The normalized spacial score (nSPS) is 16.0. The fraction of sp³-hybridized carbons (Fsp3) is 0.381. The van der Waals surface area contributed by atoms with Crippen molar-refractivity contribution in [2.75, 3.05) is 43.5 Å². The van der Waals surface area contributed by atoms with Crippen molar-refractivity contribution in [3.05, 3.63) is 52.0 Å². The van der Waals surface area contributed by atoms with E-state index >= 15 is 0 Å². The molecular weight excluding hydrogens is 397 g/mol. The Hall–Kier alpha value is -1.95. The molecule has 2 N–H and O–H groups in total. The first-order valence-corrected chi connectivity index (χ1v) is 10.1. The van der Waals surface area contributed by atoms with E-state index in [0.717, 1.165) is 31.2 Å². The van der Waals surface area contributed by atoms with Crippen LogP contribution >= 0.6 is 23.2 Å². The fourth-order valence-electron chi connectivity index (χ4n) is 3.60. The van der Waals surface area contributed by atoms with Crippen LogP contribution in [0.3, 0.4) is 0 Å². The lowest BCUT2D eigenvalue weighted by atomic mass is 10.1. The van der Waals surface area contributed by atoms with Crippen molar-refractivity contribution in [2.45, 2.75) is 19.9 Å². The predicted octanol–water partition coefficient (Wildman–Crippen LogP) is 3.04. The van der Waals surface area contributed by atoms with E-state index in [1.54, 1.807) is 25.3 Å². The smallest absolute Gasteiger partial charge is 0.282 e. The number of hydrogen-bond acceptors (Lipinski definition) is 3. The van der Waals surface area contributed by atoms with Gasteiger partial charge in [0.1, 0.15) is 5.75 Å². The molecule has 1 aliphatic heterocycles. The van der Waals surface area contributed by atoms with Crippen LogP contribution in [0.25, 0.3) is 0 Å². The third-order valence-corrected chi connectivity index (χ3v) is 5.81. The van der Waals surface area contributed by atoms with Gasteiger partial charge in [0.05, 0.1) is 39.0 Å². The molecule has 0 unspecified atom stereocenters. The Morgan fingerprint density at radius 3 is 2.46 bits per heavy atom. The van der Waals surface area contributed by atoms with E-state index in [-0.39, 0.29) is 11.9 Å². The van der Waals surface area contributed by atoms with Gasteiger partial charge in [-0.25, -0.2) is 0 Å². The summed E-state index contributed by atoms with van der Waals surface area (Å²) in [6.07, 6.45) is 0. The largest absolute Gasteiger partial charge is 0.495 e. The lowest BCUT2D eigenvalue weighted by Crippen LogP contribution is -3.19. The fourth-order valence-corrected chi connectivity index (χ4v) is 3.93. The van der Waals surface area contributed by atoms with Crippen molar-refractivity contribution >= 4 is 40.5 Å². The SMILES string of the molecule is COc1ccc(Cl)cc1NC(=O)[C@@H](C)[NH+]1CCN(c2cc(Cl)ccc2C)CC1. The molecule has 0 saturated carbocycles. The van der Waals surface area contributed by atoms with E-state index in [1.807, 2.05) is 25.1 Å². The van der Waals surface area contributed by atoms with Crippen molar-refractivity contribution in [3.63, 3.8) is 0 Å². The topological polar surface area (TPSA) is 46.0 Å². The highest BCUT2D eigenvalue weighted by Gasteiger charge is 2.30. The molecule has 7 heteroatoms. The molecule has 1 atom stereocenters. The zero-order valence-corrected chi connectivity index (χ0v) is 17.9. The Labute approximate surface area is 176 Å². The number of anilines is 2. The summed E-state index contributed by atoms with van der Waals surface area (Å²) in [5, 5.41) is 4.26. The minimum Gasteiger partial charge on any atom is -0.495 e. The number of aryl methyl sites for hydroxylation is 1. The summed E-state index contributed by atoms with van der Waals surface area (Å²) < 4.78 is 5.31. The molecule has 1 heterocycles. The summed E-state index contributed by atoms with van der Waals surface area (Å²) in [6.45, 7) is 7.59. The van der Waals surface area contributed by atoms with Gasteiger partial charge in [0.25, 0.3) is 5.91 Å². The molecule has 28 heavy (non-hydrogen) atoms. The summed E-state index contributed by atoms with van der Waals surface area (Å²) in [7, 11) is 1.57.